The van der Waals surface area contributed by atoms with E-state index in [2.05, 4.69) is 11.0 Å². The maximum absolute atomic E-state index is 13.6. The Morgan fingerprint density at radius 1 is 1.06 bits per heavy atom. The number of ether oxygens (including phenoxy) is 2. The lowest BCUT2D eigenvalue weighted by molar-refractivity contribution is -0.0513. The predicted molar refractivity (Wildman–Crippen MR) is 117 cm³/mol. The summed E-state index contributed by atoms with van der Waals surface area (Å²) in [4.78, 5) is 18.0. The van der Waals surface area contributed by atoms with Gasteiger partial charge < -0.3 is 19.5 Å². The van der Waals surface area contributed by atoms with E-state index in [4.69, 9.17) is 9.47 Å². The van der Waals surface area contributed by atoms with Crippen LogP contribution in [0.1, 0.15) is 47.5 Å². The van der Waals surface area contributed by atoms with E-state index >= 15 is 0 Å². The lowest BCUT2D eigenvalue weighted by atomic mass is 9.71. The number of carbonyl (C=O) groups excluding carboxylic acids is 1. The molecule has 1 aliphatic carbocycles. The standard InChI is InChI=1S/C25H28N2O4/c28-14-21-24-18-7-3-4-8-19(18)27(13-20(24)26(21)12-16-5-1-2-6-16)25(29)17-9-10-22-23(11-17)31-15-30-22/h3-4,7-11,16,20-21,24,28H,1-2,5-6,12-15H2/t20-,21-,24+/m0/s1. The van der Waals surface area contributed by atoms with E-state index in [0.29, 0.717) is 29.5 Å². The normalized spacial score (nSPS) is 27.0. The van der Waals surface area contributed by atoms with Crippen LogP contribution in [0.4, 0.5) is 5.69 Å². The average Bonchev–Trinajstić information content (AvgIpc) is 3.48. The molecule has 1 N–H and O–H groups in total. The molecule has 3 atom stereocenters. The van der Waals surface area contributed by atoms with Crippen LogP contribution in [0.15, 0.2) is 42.5 Å². The minimum absolute atomic E-state index is 0.0162. The molecule has 0 bridgehead atoms. The Morgan fingerprint density at radius 2 is 1.87 bits per heavy atom. The Hall–Kier alpha value is -2.57. The molecule has 0 radical (unpaired) electrons. The highest BCUT2D eigenvalue weighted by molar-refractivity contribution is 6.07. The number of nitrogens with zero attached hydrogens (tertiary/aromatic N) is 2. The van der Waals surface area contributed by atoms with Gasteiger partial charge in [0.2, 0.25) is 6.79 Å². The van der Waals surface area contributed by atoms with Gasteiger partial charge in [-0.25, -0.2) is 0 Å². The molecule has 3 aliphatic heterocycles. The van der Waals surface area contributed by atoms with Gasteiger partial charge >= 0.3 is 0 Å². The van der Waals surface area contributed by atoms with Gasteiger partial charge in [-0.2, -0.15) is 0 Å². The van der Waals surface area contributed by atoms with Gasteiger partial charge in [0.15, 0.2) is 11.5 Å². The number of aliphatic hydroxyl groups is 1. The lowest BCUT2D eigenvalue weighted by Gasteiger charge is -2.59. The van der Waals surface area contributed by atoms with Crippen molar-refractivity contribution in [3.8, 4) is 11.5 Å². The Kier molecular flexibility index (Phi) is 4.65. The van der Waals surface area contributed by atoms with E-state index in [9.17, 15) is 9.90 Å². The molecule has 0 unspecified atom stereocenters. The van der Waals surface area contributed by atoms with Crippen molar-refractivity contribution < 1.29 is 19.4 Å². The maximum Gasteiger partial charge on any atom is 0.258 e. The van der Waals surface area contributed by atoms with Crippen molar-refractivity contribution in [3.05, 3.63) is 53.6 Å². The van der Waals surface area contributed by atoms with Crippen LogP contribution in [0.25, 0.3) is 0 Å². The Labute approximate surface area is 182 Å². The highest BCUT2D eigenvalue weighted by Crippen LogP contribution is 2.49. The van der Waals surface area contributed by atoms with Crippen LogP contribution in [0, 0.1) is 5.92 Å². The molecule has 2 aromatic carbocycles. The zero-order valence-electron chi connectivity index (χ0n) is 17.6. The number of carbonyl (C=O) groups is 1. The highest BCUT2D eigenvalue weighted by atomic mass is 16.7. The average molecular weight is 421 g/mol. The number of hydrogen-bond donors (Lipinski definition) is 1. The molecule has 2 aromatic rings. The van der Waals surface area contributed by atoms with E-state index in [-0.39, 0.29) is 37.3 Å². The Bertz CT molecular complexity index is 1000. The Morgan fingerprint density at radius 3 is 2.71 bits per heavy atom. The molecule has 1 saturated heterocycles. The summed E-state index contributed by atoms with van der Waals surface area (Å²) in [5.74, 6) is 2.29. The van der Waals surface area contributed by atoms with Crippen molar-refractivity contribution in [2.45, 2.75) is 43.7 Å². The number of hydrogen-bond acceptors (Lipinski definition) is 5. The number of likely N-dealkylation sites (tertiary alicyclic amines) is 1. The van der Waals surface area contributed by atoms with Crippen molar-refractivity contribution in [1.29, 1.82) is 0 Å². The molecule has 0 aromatic heterocycles. The molecular weight excluding hydrogens is 392 g/mol. The molecule has 1 saturated carbocycles. The van der Waals surface area contributed by atoms with Crippen LogP contribution in [0.3, 0.4) is 0 Å². The van der Waals surface area contributed by atoms with Gasteiger partial charge in [0.1, 0.15) is 0 Å². The van der Waals surface area contributed by atoms with Gasteiger partial charge in [-0.3, -0.25) is 9.69 Å². The van der Waals surface area contributed by atoms with Crippen molar-refractivity contribution in [2.24, 2.45) is 5.92 Å². The van der Waals surface area contributed by atoms with Crippen LogP contribution in [-0.2, 0) is 0 Å². The number of rotatable bonds is 4. The second-order valence-electron chi connectivity index (χ2n) is 9.23. The van der Waals surface area contributed by atoms with Crippen molar-refractivity contribution in [3.63, 3.8) is 0 Å². The lowest BCUT2D eigenvalue weighted by Crippen LogP contribution is -2.69. The van der Waals surface area contributed by atoms with Gasteiger partial charge in [-0.05, 0) is 48.6 Å². The van der Waals surface area contributed by atoms with Gasteiger partial charge in [-0.1, -0.05) is 31.0 Å². The summed E-state index contributed by atoms with van der Waals surface area (Å²) in [7, 11) is 0. The fraction of sp³-hybridized carbons (Fsp3) is 0.480. The fourth-order valence-corrected chi connectivity index (χ4v) is 6.11. The van der Waals surface area contributed by atoms with Crippen molar-refractivity contribution in [2.75, 3.05) is 31.4 Å². The second kappa shape index (κ2) is 7.53. The molecule has 6 heteroatoms. The van der Waals surface area contributed by atoms with Crippen LogP contribution in [0.5, 0.6) is 11.5 Å². The molecule has 3 heterocycles. The highest BCUT2D eigenvalue weighted by Gasteiger charge is 2.53. The van der Waals surface area contributed by atoms with Crippen LogP contribution in [0.2, 0.25) is 0 Å². The molecule has 0 spiro atoms. The molecule has 1 amide bonds. The summed E-state index contributed by atoms with van der Waals surface area (Å²) in [6, 6.07) is 14.0. The van der Waals surface area contributed by atoms with Crippen molar-refractivity contribution in [1.82, 2.24) is 4.90 Å². The zero-order chi connectivity index (χ0) is 20.9. The number of benzene rings is 2. The first-order valence-corrected chi connectivity index (χ1v) is 11.4. The quantitative estimate of drug-likeness (QED) is 0.822. The van der Waals surface area contributed by atoms with Gasteiger partial charge in [-0.15, -0.1) is 0 Å². The predicted octanol–water partition coefficient (Wildman–Crippen LogP) is 3.39. The molecule has 6 rings (SSSR count). The van der Waals surface area contributed by atoms with Crippen LogP contribution in [-0.4, -0.2) is 54.5 Å². The fourth-order valence-electron chi connectivity index (χ4n) is 6.11. The number of aliphatic hydroxyl groups excluding tert-OH is 1. The maximum atomic E-state index is 13.6. The van der Waals surface area contributed by atoms with Gasteiger partial charge in [0.25, 0.3) is 5.91 Å². The largest absolute Gasteiger partial charge is 0.454 e. The Balaban J connectivity index is 1.32. The first-order valence-electron chi connectivity index (χ1n) is 11.4. The number of amides is 1. The van der Waals surface area contributed by atoms with E-state index in [0.717, 1.165) is 12.2 Å². The summed E-state index contributed by atoms with van der Waals surface area (Å²) < 4.78 is 10.9. The molecule has 4 aliphatic rings. The smallest absolute Gasteiger partial charge is 0.258 e. The summed E-state index contributed by atoms with van der Waals surface area (Å²) in [5, 5.41) is 10.2. The zero-order valence-corrected chi connectivity index (χ0v) is 17.6. The summed E-state index contributed by atoms with van der Waals surface area (Å²) in [5.41, 5.74) is 2.75. The van der Waals surface area contributed by atoms with Crippen LogP contribution < -0.4 is 14.4 Å². The molecular formula is C25H28N2O4. The van der Waals surface area contributed by atoms with E-state index in [1.54, 1.807) is 6.07 Å². The third-order valence-electron chi connectivity index (χ3n) is 7.63. The van der Waals surface area contributed by atoms with E-state index in [1.807, 2.05) is 35.2 Å². The third kappa shape index (κ3) is 3.04. The molecule has 2 fully saturated rings. The van der Waals surface area contributed by atoms with E-state index in [1.165, 1.54) is 31.2 Å². The monoisotopic (exact) mass is 420 g/mol. The topological polar surface area (TPSA) is 62.2 Å². The molecule has 31 heavy (non-hydrogen) atoms. The molecule has 6 nitrogen and oxygen atoms in total. The first-order chi connectivity index (χ1) is 15.2. The minimum Gasteiger partial charge on any atom is -0.454 e. The number of fused-ring (bicyclic) bond motifs is 4. The van der Waals surface area contributed by atoms with Crippen molar-refractivity contribution >= 4 is 11.6 Å². The summed E-state index contributed by atoms with van der Waals surface area (Å²) in [6.45, 7) is 2.04. The second-order valence-corrected chi connectivity index (χ2v) is 9.23. The van der Waals surface area contributed by atoms with Gasteiger partial charge in [0, 0.05) is 42.3 Å². The molecule has 162 valence electrons. The van der Waals surface area contributed by atoms with Crippen LogP contribution >= 0.6 is 0 Å². The third-order valence-corrected chi connectivity index (χ3v) is 7.63. The summed E-state index contributed by atoms with van der Waals surface area (Å²) >= 11 is 0. The SMILES string of the molecule is O=C(c1ccc2c(c1)OCO2)N1C[C@H]2[C@@H](c3ccccc31)[C@H](CO)N2CC1CCCC1. The first kappa shape index (κ1) is 19.1. The minimum atomic E-state index is -0.0162. The van der Waals surface area contributed by atoms with Gasteiger partial charge in [0.05, 0.1) is 6.61 Å². The number of anilines is 1. The number of para-hydroxylation sites is 1. The summed E-state index contributed by atoms with van der Waals surface area (Å²) in [6.07, 6.45) is 5.19. The van der Waals surface area contributed by atoms with E-state index < -0.39 is 0 Å².